The van der Waals surface area contributed by atoms with Gasteiger partial charge >= 0.3 is 5.97 Å². The van der Waals surface area contributed by atoms with Crippen molar-refractivity contribution in [3.63, 3.8) is 0 Å². The first kappa shape index (κ1) is 15.5. The van der Waals surface area contributed by atoms with Crippen LogP contribution in [0.15, 0.2) is 34.9 Å². The molecule has 5 heteroatoms. The fraction of sp³-hybridized carbons (Fsp3) is 0.222. The van der Waals surface area contributed by atoms with Crippen LogP contribution in [0.1, 0.15) is 32.3 Å². The van der Waals surface area contributed by atoms with Crippen LogP contribution in [0, 0.1) is 27.7 Å². The molecule has 0 spiro atoms. The third-order valence-corrected chi connectivity index (χ3v) is 4.58. The van der Waals surface area contributed by atoms with Gasteiger partial charge in [-0.2, -0.15) is 0 Å². The van der Waals surface area contributed by atoms with Crippen LogP contribution in [0.3, 0.4) is 0 Å². The van der Waals surface area contributed by atoms with E-state index >= 15 is 0 Å². The molecule has 0 saturated carbocycles. The van der Waals surface area contributed by atoms with Gasteiger partial charge in [-0.15, -0.1) is 11.3 Å². The Morgan fingerprint density at radius 1 is 1.09 bits per heavy atom. The highest BCUT2D eigenvalue weighted by Crippen LogP contribution is 2.33. The van der Waals surface area contributed by atoms with E-state index in [0.29, 0.717) is 10.6 Å². The number of aryl methyl sites for hydroxylation is 4. The molecular weight excluding hydrogens is 310 g/mol. The third kappa shape index (κ3) is 3.19. The summed E-state index contributed by atoms with van der Waals surface area (Å²) in [7, 11) is 0. The summed E-state index contributed by atoms with van der Waals surface area (Å²) in [5.41, 5.74) is 3.89. The monoisotopic (exact) mass is 327 g/mol. The fourth-order valence-electron chi connectivity index (χ4n) is 2.57. The zero-order valence-electron chi connectivity index (χ0n) is 13.5. The Morgan fingerprint density at radius 2 is 1.78 bits per heavy atom. The number of hydrogen-bond donors (Lipinski definition) is 0. The van der Waals surface area contributed by atoms with Gasteiger partial charge in [-0.05, 0) is 63.1 Å². The summed E-state index contributed by atoms with van der Waals surface area (Å²) in [5.74, 6) is 0.969. The lowest BCUT2D eigenvalue weighted by Gasteiger charge is -2.05. The van der Waals surface area contributed by atoms with Gasteiger partial charge in [-0.25, -0.2) is 4.79 Å². The summed E-state index contributed by atoms with van der Waals surface area (Å²) in [6, 6.07) is 9.42. The molecule has 0 bridgehead atoms. The van der Waals surface area contributed by atoms with Gasteiger partial charge in [0.05, 0.1) is 11.3 Å². The van der Waals surface area contributed by atoms with Crippen molar-refractivity contribution in [1.29, 1.82) is 0 Å². The van der Waals surface area contributed by atoms with Gasteiger partial charge in [0.1, 0.15) is 16.4 Å². The molecule has 0 fully saturated rings. The van der Waals surface area contributed by atoms with Gasteiger partial charge in [0.25, 0.3) is 0 Å². The van der Waals surface area contributed by atoms with Crippen LogP contribution in [0.4, 0.5) is 0 Å². The maximum atomic E-state index is 12.3. The van der Waals surface area contributed by atoms with Gasteiger partial charge in [0.2, 0.25) is 0 Å². The quantitative estimate of drug-likeness (QED) is 0.509. The molecule has 0 aliphatic carbocycles. The number of thiophene rings is 1. The molecule has 0 N–H and O–H groups in total. The van der Waals surface area contributed by atoms with E-state index in [0.717, 1.165) is 33.0 Å². The average molecular weight is 327 g/mol. The van der Waals surface area contributed by atoms with E-state index in [9.17, 15) is 4.79 Å². The minimum absolute atomic E-state index is 0.349. The lowest BCUT2D eigenvalue weighted by Crippen LogP contribution is -2.06. The minimum atomic E-state index is -0.349. The zero-order chi connectivity index (χ0) is 16.6. The molecular formula is C18H17NO3S. The van der Waals surface area contributed by atoms with Crippen LogP contribution < -0.4 is 4.74 Å². The number of ether oxygens (including phenoxy) is 1. The van der Waals surface area contributed by atoms with E-state index < -0.39 is 0 Å². The molecule has 23 heavy (non-hydrogen) atoms. The Labute approximate surface area is 138 Å². The number of nitrogens with zero attached hydrogens (tertiary/aromatic N) is 1. The molecule has 3 aromatic rings. The zero-order valence-corrected chi connectivity index (χ0v) is 14.3. The first-order valence-corrected chi connectivity index (χ1v) is 8.09. The van der Waals surface area contributed by atoms with Gasteiger partial charge in [-0.3, -0.25) is 0 Å². The van der Waals surface area contributed by atoms with Crippen LogP contribution in [0.25, 0.3) is 10.4 Å². The Balaban J connectivity index is 1.84. The van der Waals surface area contributed by atoms with Crippen LogP contribution >= 0.6 is 11.3 Å². The second kappa shape index (κ2) is 6.01. The van der Waals surface area contributed by atoms with Crippen molar-refractivity contribution in [2.75, 3.05) is 0 Å². The predicted octanol–water partition coefficient (Wildman–Crippen LogP) is 4.86. The highest BCUT2D eigenvalue weighted by atomic mass is 32.1. The Morgan fingerprint density at radius 3 is 2.39 bits per heavy atom. The van der Waals surface area contributed by atoms with Crippen molar-refractivity contribution in [3.8, 4) is 16.2 Å². The molecule has 3 rings (SSSR count). The number of carbonyl (C=O) groups is 1. The van der Waals surface area contributed by atoms with E-state index in [-0.39, 0.29) is 5.97 Å². The smallest absolute Gasteiger partial charge is 0.353 e. The summed E-state index contributed by atoms with van der Waals surface area (Å²) >= 11 is 1.38. The molecule has 1 aromatic carbocycles. The third-order valence-electron chi connectivity index (χ3n) is 3.49. The topological polar surface area (TPSA) is 52.3 Å². The van der Waals surface area contributed by atoms with Crippen LogP contribution in [0.2, 0.25) is 0 Å². The predicted molar refractivity (Wildman–Crippen MR) is 90.2 cm³/mol. The standard InChI is InChI=1S/C18H17NO3S/c1-10-7-11(2)9-14(8-10)21-18(20)16-6-5-15(23-16)17-12(3)19-22-13(17)4/h5-9H,1-4H3. The van der Waals surface area contributed by atoms with Crippen molar-refractivity contribution in [2.45, 2.75) is 27.7 Å². The molecule has 4 nitrogen and oxygen atoms in total. The van der Waals surface area contributed by atoms with E-state index in [2.05, 4.69) is 5.16 Å². The molecule has 0 radical (unpaired) electrons. The van der Waals surface area contributed by atoms with Crippen molar-refractivity contribution in [2.24, 2.45) is 0 Å². The first-order chi connectivity index (χ1) is 10.9. The lowest BCUT2D eigenvalue weighted by molar-refractivity contribution is 0.0740. The summed E-state index contributed by atoms with van der Waals surface area (Å²) in [6.45, 7) is 7.71. The number of esters is 1. The SMILES string of the molecule is Cc1cc(C)cc(OC(=O)c2ccc(-c3c(C)noc3C)s2)c1. The molecule has 2 heterocycles. The van der Waals surface area contributed by atoms with E-state index in [4.69, 9.17) is 9.26 Å². The molecule has 0 aliphatic heterocycles. The molecule has 0 amide bonds. The summed E-state index contributed by atoms with van der Waals surface area (Å²) in [4.78, 5) is 13.8. The van der Waals surface area contributed by atoms with Crippen molar-refractivity contribution < 1.29 is 14.1 Å². The van der Waals surface area contributed by atoms with E-state index in [1.807, 2.05) is 52.0 Å². The second-order valence-electron chi connectivity index (χ2n) is 5.58. The number of hydrogen-bond acceptors (Lipinski definition) is 5. The number of rotatable bonds is 3. The maximum Gasteiger partial charge on any atom is 0.353 e. The molecule has 118 valence electrons. The van der Waals surface area contributed by atoms with E-state index in [1.165, 1.54) is 11.3 Å². The molecule has 0 atom stereocenters. The van der Waals surface area contributed by atoms with Crippen LogP contribution in [-0.2, 0) is 0 Å². The summed E-state index contributed by atoms with van der Waals surface area (Å²) < 4.78 is 10.7. The van der Waals surface area contributed by atoms with Crippen LogP contribution in [0.5, 0.6) is 5.75 Å². The van der Waals surface area contributed by atoms with Gasteiger partial charge < -0.3 is 9.26 Å². The van der Waals surface area contributed by atoms with Gasteiger partial charge in [0.15, 0.2) is 0 Å². The summed E-state index contributed by atoms with van der Waals surface area (Å²) in [5, 5.41) is 3.95. The normalized spacial score (nSPS) is 10.8. The van der Waals surface area contributed by atoms with Gasteiger partial charge in [-0.1, -0.05) is 11.2 Å². The minimum Gasteiger partial charge on any atom is -0.422 e. The highest BCUT2D eigenvalue weighted by molar-refractivity contribution is 7.17. The van der Waals surface area contributed by atoms with Gasteiger partial charge in [0, 0.05) is 4.88 Å². The highest BCUT2D eigenvalue weighted by Gasteiger charge is 2.17. The summed E-state index contributed by atoms with van der Waals surface area (Å²) in [6.07, 6.45) is 0. The first-order valence-electron chi connectivity index (χ1n) is 7.27. The second-order valence-corrected chi connectivity index (χ2v) is 6.66. The van der Waals surface area contributed by atoms with Crippen LogP contribution in [-0.4, -0.2) is 11.1 Å². The molecule has 0 saturated heterocycles. The Hall–Kier alpha value is -2.40. The van der Waals surface area contributed by atoms with Crippen molar-refractivity contribution >= 4 is 17.3 Å². The number of carbonyl (C=O) groups excluding carboxylic acids is 1. The van der Waals surface area contributed by atoms with Crippen molar-refractivity contribution in [3.05, 3.63) is 57.8 Å². The number of aromatic nitrogens is 1. The van der Waals surface area contributed by atoms with E-state index in [1.54, 1.807) is 6.07 Å². The Kier molecular flexibility index (Phi) is 4.05. The average Bonchev–Trinajstić information content (AvgIpc) is 3.05. The molecule has 0 aliphatic rings. The van der Waals surface area contributed by atoms with Crippen molar-refractivity contribution in [1.82, 2.24) is 5.16 Å². The molecule has 0 unspecified atom stereocenters. The lowest BCUT2D eigenvalue weighted by atomic mass is 10.1. The maximum absolute atomic E-state index is 12.3. The molecule has 2 aromatic heterocycles. The Bertz CT molecular complexity index is 837. The fourth-order valence-corrected chi connectivity index (χ4v) is 3.59. The number of benzene rings is 1. The largest absolute Gasteiger partial charge is 0.422 e.